The van der Waals surface area contributed by atoms with E-state index in [9.17, 15) is 18.0 Å². The fraction of sp³-hybridized carbons (Fsp3) is 0.611. The summed E-state index contributed by atoms with van der Waals surface area (Å²) in [5.74, 6) is 0.366. The van der Waals surface area contributed by atoms with E-state index in [-0.39, 0.29) is 30.4 Å². The number of carbonyl (C=O) groups excluding carboxylic acids is 1. The Hall–Kier alpha value is -1.80. The summed E-state index contributed by atoms with van der Waals surface area (Å²) in [7, 11) is 1.50. The van der Waals surface area contributed by atoms with Crippen LogP contribution in [0.3, 0.4) is 0 Å². The molecular weight excluding hydrogens is 349 g/mol. The van der Waals surface area contributed by atoms with Gasteiger partial charge >= 0.3 is 6.18 Å². The van der Waals surface area contributed by atoms with Crippen LogP contribution in [0.15, 0.2) is 18.2 Å². The Morgan fingerprint density at radius 2 is 2.00 bits per heavy atom. The molecule has 5 nitrogen and oxygen atoms in total. The van der Waals surface area contributed by atoms with Gasteiger partial charge in [0.1, 0.15) is 12.4 Å². The highest BCUT2D eigenvalue weighted by Crippen LogP contribution is 2.35. The Labute approximate surface area is 151 Å². The van der Waals surface area contributed by atoms with Crippen LogP contribution in [-0.4, -0.2) is 39.3 Å². The molecule has 0 aliphatic carbocycles. The van der Waals surface area contributed by atoms with Gasteiger partial charge in [-0.1, -0.05) is 0 Å². The number of methoxy groups -OCH3 is 1. The van der Waals surface area contributed by atoms with Gasteiger partial charge in [0.2, 0.25) is 5.91 Å². The molecule has 0 saturated carbocycles. The summed E-state index contributed by atoms with van der Waals surface area (Å²) in [5, 5.41) is 5.83. The third-order valence-electron chi connectivity index (χ3n) is 4.36. The van der Waals surface area contributed by atoms with Crippen LogP contribution in [0, 0.1) is 5.92 Å². The molecule has 0 aromatic heterocycles. The lowest BCUT2D eigenvalue weighted by Crippen LogP contribution is -2.28. The Kier molecular flexibility index (Phi) is 7.71. The second-order valence-electron chi connectivity index (χ2n) is 6.33. The molecule has 0 unspecified atom stereocenters. The van der Waals surface area contributed by atoms with Crippen molar-refractivity contribution in [1.82, 2.24) is 5.32 Å². The molecule has 1 amide bonds. The van der Waals surface area contributed by atoms with Crippen LogP contribution < -0.4 is 15.4 Å². The second kappa shape index (κ2) is 9.78. The molecule has 1 aliphatic rings. The summed E-state index contributed by atoms with van der Waals surface area (Å²) in [6.45, 7) is 2.36. The van der Waals surface area contributed by atoms with Gasteiger partial charge in [-0.3, -0.25) is 4.79 Å². The molecule has 0 radical (unpaired) electrons. The number of halogens is 3. The van der Waals surface area contributed by atoms with Gasteiger partial charge in [-0.15, -0.1) is 0 Å². The minimum atomic E-state index is -4.49. The third kappa shape index (κ3) is 6.49. The minimum absolute atomic E-state index is 0.0336. The van der Waals surface area contributed by atoms with E-state index in [1.165, 1.54) is 13.2 Å². The highest BCUT2D eigenvalue weighted by molar-refractivity contribution is 5.92. The molecule has 1 fully saturated rings. The smallest absolute Gasteiger partial charge is 0.416 e. The number of nitrogens with one attached hydrogen (secondary N) is 2. The topological polar surface area (TPSA) is 59.6 Å². The predicted molar refractivity (Wildman–Crippen MR) is 92.3 cm³/mol. The van der Waals surface area contributed by atoms with Gasteiger partial charge in [0.25, 0.3) is 0 Å². The zero-order valence-corrected chi connectivity index (χ0v) is 14.8. The second-order valence-corrected chi connectivity index (χ2v) is 6.33. The number of anilines is 1. The largest absolute Gasteiger partial charge is 0.489 e. The fourth-order valence-corrected chi connectivity index (χ4v) is 2.88. The maximum atomic E-state index is 13.0. The van der Waals surface area contributed by atoms with Gasteiger partial charge in [-0.2, -0.15) is 13.2 Å². The van der Waals surface area contributed by atoms with Gasteiger partial charge in [-0.05, 0) is 56.5 Å². The van der Waals surface area contributed by atoms with E-state index in [0.29, 0.717) is 12.5 Å². The number of ether oxygens (including phenoxy) is 2. The number of carbonyl (C=O) groups is 1. The molecule has 1 aliphatic heterocycles. The van der Waals surface area contributed by atoms with Crippen LogP contribution in [0.25, 0.3) is 0 Å². The Morgan fingerprint density at radius 1 is 1.27 bits per heavy atom. The van der Waals surface area contributed by atoms with Crippen LogP contribution in [0.2, 0.25) is 0 Å². The van der Waals surface area contributed by atoms with Crippen LogP contribution >= 0.6 is 0 Å². The zero-order chi connectivity index (χ0) is 19.0. The maximum Gasteiger partial charge on any atom is 0.416 e. The normalized spacial score (nSPS) is 15.7. The van der Waals surface area contributed by atoms with Crippen LogP contribution in [-0.2, 0) is 15.7 Å². The maximum absolute atomic E-state index is 13.0. The SMILES string of the molecule is COCCOc1ccc(C(F)(F)F)cc1NC(=O)CCC1CCNCC1. The van der Waals surface area contributed by atoms with E-state index >= 15 is 0 Å². The summed E-state index contributed by atoms with van der Waals surface area (Å²) < 4.78 is 49.2. The molecule has 0 spiro atoms. The highest BCUT2D eigenvalue weighted by Gasteiger charge is 2.31. The van der Waals surface area contributed by atoms with Crippen molar-refractivity contribution in [2.75, 3.05) is 38.7 Å². The molecule has 1 aromatic carbocycles. The summed E-state index contributed by atoms with van der Waals surface area (Å²) >= 11 is 0. The summed E-state index contributed by atoms with van der Waals surface area (Å²) in [6, 6.07) is 3.07. The van der Waals surface area contributed by atoms with Crippen molar-refractivity contribution in [1.29, 1.82) is 0 Å². The number of hydrogen-bond donors (Lipinski definition) is 2. The van der Waals surface area contributed by atoms with Gasteiger partial charge < -0.3 is 20.1 Å². The Morgan fingerprint density at radius 3 is 2.65 bits per heavy atom. The number of piperidine rings is 1. The van der Waals surface area contributed by atoms with Crippen LogP contribution in [0.4, 0.5) is 18.9 Å². The Bertz CT molecular complexity index is 588. The molecule has 2 N–H and O–H groups in total. The van der Waals surface area contributed by atoms with Gasteiger partial charge in [-0.25, -0.2) is 0 Å². The van der Waals surface area contributed by atoms with Crippen molar-refractivity contribution in [2.24, 2.45) is 5.92 Å². The number of hydrogen-bond acceptors (Lipinski definition) is 4. The van der Waals surface area contributed by atoms with Crippen molar-refractivity contribution < 1.29 is 27.4 Å². The monoisotopic (exact) mass is 374 g/mol. The quantitative estimate of drug-likeness (QED) is 0.685. The molecule has 1 aromatic rings. The molecule has 146 valence electrons. The highest BCUT2D eigenvalue weighted by atomic mass is 19.4. The predicted octanol–water partition coefficient (Wildman–Crippen LogP) is 3.45. The first kappa shape index (κ1) is 20.5. The van der Waals surface area contributed by atoms with E-state index in [0.717, 1.165) is 44.5 Å². The first-order chi connectivity index (χ1) is 12.4. The van der Waals surface area contributed by atoms with Gasteiger partial charge in [0, 0.05) is 13.5 Å². The minimum Gasteiger partial charge on any atom is -0.489 e. The average Bonchev–Trinajstić information content (AvgIpc) is 2.61. The van der Waals surface area contributed by atoms with Crippen LogP contribution in [0.1, 0.15) is 31.2 Å². The molecule has 26 heavy (non-hydrogen) atoms. The fourth-order valence-electron chi connectivity index (χ4n) is 2.88. The van der Waals surface area contributed by atoms with Crippen LogP contribution in [0.5, 0.6) is 5.75 Å². The van der Waals surface area contributed by atoms with Crippen molar-refractivity contribution in [3.05, 3.63) is 23.8 Å². The van der Waals surface area contributed by atoms with Crippen molar-refractivity contribution in [3.63, 3.8) is 0 Å². The van der Waals surface area contributed by atoms with Gasteiger partial charge in [0.05, 0.1) is 17.9 Å². The molecular formula is C18H25F3N2O3. The van der Waals surface area contributed by atoms with Gasteiger partial charge in [0.15, 0.2) is 0 Å². The number of rotatable bonds is 8. The summed E-state index contributed by atoms with van der Waals surface area (Å²) in [5.41, 5.74) is -0.795. The van der Waals surface area contributed by atoms with E-state index < -0.39 is 11.7 Å². The summed E-state index contributed by atoms with van der Waals surface area (Å²) in [4.78, 5) is 12.2. The lowest BCUT2D eigenvalue weighted by Gasteiger charge is -2.22. The average molecular weight is 374 g/mol. The molecule has 1 saturated heterocycles. The third-order valence-corrected chi connectivity index (χ3v) is 4.36. The van der Waals surface area contributed by atoms with E-state index in [2.05, 4.69) is 10.6 Å². The zero-order valence-electron chi connectivity index (χ0n) is 14.8. The molecule has 2 rings (SSSR count). The van der Waals surface area contributed by atoms with Crippen molar-refractivity contribution in [3.8, 4) is 5.75 Å². The first-order valence-electron chi connectivity index (χ1n) is 8.73. The van der Waals surface area contributed by atoms with E-state index in [1.54, 1.807) is 0 Å². The molecule has 0 atom stereocenters. The van der Waals surface area contributed by atoms with E-state index in [4.69, 9.17) is 9.47 Å². The number of amides is 1. The summed E-state index contributed by atoms with van der Waals surface area (Å²) in [6.07, 6.45) is -1.45. The molecule has 0 bridgehead atoms. The Balaban J connectivity index is 2.01. The lowest BCUT2D eigenvalue weighted by atomic mass is 9.93. The van der Waals surface area contributed by atoms with Crippen molar-refractivity contribution >= 4 is 11.6 Å². The molecule has 1 heterocycles. The first-order valence-corrected chi connectivity index (χ1v) is 8.73. The standard InChI is InChI=1S/C18H25F3N2O3/c1-25-10-11-26-16-4-3-14(18(19,20)21)12-15(16)23-17(24)5-2-13-6-8-22-9-7-13/h3-4,12-13,22H,2,5-11H2,1H3,(H,23,24). The molecule has 8 heteroatoms. The number of alkyl halides is 3. The number of benzene rings is 1. The van der Waals surface area contributed by atoms with Crippen molar-refractivity contribution in [2.45, 2.75) is 31.9 Å². The van der Waals surface area contributed by atoms with E-state index in [1.807, 2.05) is 0 Å². The lowest BCUT2D eigenvalue weighted by molar-refractivity contribution is -0.137.